The van der Waals surface area contributed by atoms with Gasteiger partial charge in [0.1, 0.15) is 12.2 Å². The number of nitrogens with zero attached hydrogens (tertiary/aromatic N) is 2. The topological polar surface area (TPSA) is 59.1 Å². The molecule has 1 aliphatic carbocycles. The Bertz CT molecular complexity index is 840. The average molecular weight is 294 g/mol. The molecule has 2 aromatic rings. The van der Waals surface area contributed by atoms with Gasteiger partial charge in [0.15, 0.2) is 17.3 Å². The average Bonchev–Trinajstić information content (AvgIpc) is 2.51. The first-order chi connectivity index (χ1) is 10.5. The van der Waals surface area contributed by atoms with Gasteiger partial charge in [-0.25, -0.2) is 0 Å². The summed E-state index contributed by atoms with van der Waals surface area (Å²) in [6.45, 7) is 1.71. The molecule has 0 atom stereocenters. The number of pyridine rings is 1. The third-order valence-corrected chi connectivity index (χ3v) is 4.59. The minimum Gasteiger partial charge on any atom is -0.374 e. The quantitative estimate of drug-likeness (QED) is 0.643. The molecule has 1 aliphatic heterocycles. The third kappa shape index (κ3) is 1.60. The monoisotopic (exact) mass is 294 g/mol. The van der Waals surface area contributed by atoms with Crippen molar-refractivity contribution in [2.75, 3.05) is 32.5 Å². The van der Waals surface area contributed by atoms with E-state index in [4.69, 9.17) is 0 Å². The molecular weight excluding hydrogens is 278 g/mol. The number of anilines is 1. The predicted octanol–water partition coefficient (Wildman–Crippen LogP) is 1.85. The Morgan fingerprint density at radius 1 is 1.05 bits per heavy atom. The maximum Gasteiger partial charge on any atom is 0.198 e. The number of nitrogens with one attached hydrogen (secondary N) is 1. The van der Waals surface area contributed by atoms with Crippen molar-refractivity contribution in [1.82, 2.24) is 9.47 Å². The lowest BCUT2D eigenvalue weighted by molar-refractivity contribution is 0.0979. The summed E-state index contributed by atoms with van der Waals surface area (Å²) in [7, 11) is 4.22. The Morgan fingerprint density at radius 2 is 1.86 bits per heavy atom. The molecule has 0 amide bonds. The SMILES string of the molecule is C[N+]1(C)CCNc2c1ccc1c2C(=O)c2cnccc2C1=O. The number of hydrogen-bond donors (Lipinski definition) is 1. The Morgan fingerprint density at radius 3 is 2.68 bits per heavy atom. The summed E-state index contributed by atoms with van der Waals surface area (Å²) >= 11 is 0. The largest absolute Gasteiger partial charge is 0.374 e. The van der Waals surface area contributed by atoms with Crippen molar-refractivity contribution in [3.8, 4) is 0 Å². The molecule has 0 spiro atoms. The van der Waals surface area contributed by atoms with E-state index in [0.717, 1.165) is 24.5 Å². The van der Waals surface area contributed by atoms with Crippen LogP contribution in [0.2, 0.25) is 0 Å². The molecule has 0 fully saturated rings. The van der Waals surface area contributed by atoms with Crippen LogP contribution in [-0.2, 0) is 0 Å². The van der Waals surface area contributed by atoms with Crippen molar-refractivity contribution in [2.24, 2.45) is 0 Å². The second kappa shape index (κ2) is 4.24. The fourth-order valence-electron chi connectivity index (χ4n) is 3.33. The summed E-state index contributed by atoms with van der Waals surface area (Å²) in [5.41, 5.74) is 3.65. The molecule has 5 heteroatoms. The molecule has 0 saturated carbocycles. The number of aromatic nitrogens is 1. The normalized spacial score (nSPS) is 18.1. The fourth-order valence-corrected chi connectivity index (χ4v) is 3.33. The van der Waals surface area contributed by atoms with Gasteiger partial charge in [-0.15, -0.1) is 0 Å². The van der Waals surface area contributed by atoms with Gasteiger partial charge in [0.2, 0.25) is 0 Å². The molecule has 4 rings (SSSR count). The van der Waals surface area contributed by atoms with E-state index in [-0.39, 0.29) is 11.6 Å². The molecule has 1 aromatic carbocycles. The zero-order chi connectivity index (χ0) is 15.5. The van der Waals surface area contributed by atoms with E-state index in [2.05, 4.69) is 24.4 Å². The van der Waals surface area contributed by atoms with Gasteiger partial charge in [-0.1, -0.05) is 0 Å². The highest BCUT2D eigenvalue weighted by atomic mass is 16.1. The summed E-state index contributed by atoms with van der Waals surface area (Å²) < 4.78 is 0.691. The Labute approximate surface area is 128 Å². The molecular formula is C17H16N3O2+. The second-order valence-electron chi connectivity index (χ2n) is 6.30. The van der Waals surface area contributed by atoms with E-state index < -0.39 is 0 Å². The number of likely N-dealkylation sites (N-methyl/N-ethyl adjacent to an activating group) is 1. The van der Waals surface area contributed by atoms with E-state index in [1.807, 2.05) is 6.07 Å². The Kier molecular flexibility index (Phi) is 2.53. The van der Waals surface area contributed by atoms with E-state index >= 15 is 0 Å². The standard InChI is InChI=1S/C17H15N3O2/c1-20(2)8-7-19-15-13(20)4-3-11-14(15)17(22)12-9-18-6-5-10(12)16(11)21/h3-6,9H,7-8H2,1-2H3/p+1. The van der Waals surface area contributed by atoms with E-state index in [9.17, 15) is 9.59 Å². The Hall–Kier alpha value is -2.53. The molecule has 2 aliphatic rings. The van der Waals surface area contributed by atoms with Crippen LogP contribution < -0.4 is 9.80 Å². The maximum absolute atomic E-state index is 12.9. The third-order valence-electron chi connectivity index (χ3n) is 4.59. The zero-order valence-corrected chi connectivity index (χ0v) is 12.5. The molecule has 5 nitrogen and oxygen atoms in total. The zero-order valence-electron chi connectivity index (χ0n) is 12.5. The summed E-state index contributed by atoms with van der Waals surface area (Å²) in [4.78, 5) is 29.6. The molecule has 0 bridgehead atoms. The van der Waals surface area contributed by atoms with E-state index in [1.54, 1.807) is 18.3 Å². The van der Waals surface area contributed by atoms with Crippen molar-refractivity contribution in [2.45, 2.75) is 0 Å². The lowest BCUT2D eigenvalue weighted by atomic mass is 9.83. The van der Waals surface area contributed by atoms with Crippen LogP contribution in [0, 0.1) is 0 Å². The van der Waals surface area contributed by atoms with Gasteiger partial charge in [-0.05, 0) is 12.1 Å². The molecule has 0 unspecified atom stereocenters. The number of carbonyl (C=O) groups is 2. The fraction of sp³-hybridized carbons (Fsp3) is 0.235. The number of rotatable bonds is 0. The molecule has 1 aromatic heterocycles. The summed E-state index contributed by atoms with van der Waals surface area (Å²) in [6.07, 6.45) is 3.03. The molecule has 0 saturated heterocycles. The van der Waals surface area contributed by atoms with Crippen LogP contribution in [-0.4, -0.2) is 43.7 Å². The predicted molar refractivity (Wildman–Crippen MR) is 84.5 cm³/mol. The van der Waals surface area contributed by atoms with E-state index in [1.165, 1.54) is 6.20 Å². The van der Waals surface area contributed by atoms with Gasteiger partial charge in [0.05, 0.1) is 31.8 Å². The molecule has 0 radical (unpaired) electrons. The van der Waals surface area contributed by atoms with Gasteiger partial charge in [0.25, 0.3) is 0 Å². The minimum atomic E-state index is -0.121. The second-order valence-corrected chi connectivity index (χ2v) is 6.30. The van der Waals surface area contributed by atoms with Crippen molar-refractivity contribution in [1.29, 1.82) is 0 Å². The van der Waals surface area contributed by atoms with Crippen molar-refractivity contribution >= 4 is 22.9 Å². The molecule has 22 heavy (non-hydrogen) atoms. The van der Waals surface area contributed by atoms with Crippen LogP contribution in [0.25, 0.3) is 0 Å². The number of quaternary nitrogens is 1. The van der Waals surface area contributed by atoms with E-state index in [0.29, 0.717) is 26.7 Å². The highest BCUT2D eigenvalue weighted by molar-refractivity contribution is 6.30. The van der Waals surface area contributed by atoms with Gasteiger partial charge in [-0.3, -0.25) is 19.1 Å². The number of hydrogen-bond acceptors (Lipinski definition) is 4. The summed E-state index contributed by atoms with van der Waals surface area (Å²) in [6, 6.07) is 5.36. The van der Waals surface area contributed by atoms with Crippen molar-refractivity contribution < 1.29 is 9.59 Å². The number of benzene rings is 1. The summed E-state index contributed by atoms with van der Waals surface area (Å²) in [5.74, 6) is -0.226. The smallest absolute Gasteiger partial charge is 0.198 e. The lowest BCUT2D eigenvalue weighted by Crippen LogP contribution is -2.48. The van der Waals surface area contributed by atoms with Crippen molar-refractivity contribution in [3.05, 3.63) is 52.8 Å². The highest BCUT2D eigenvalue weighted by Gasteiger charge is 2.37. The molecule has 1 N–H and O–H groups in total. The van der Waals surface area contributed by atoms with Gasteiger partial charge in [-0.2, -0.15) is 0 Å². The van der Waals surface area contributed by atoms with Crippen molar-refractivity contribution in [3.63, 3.8) is 0 Å². The van der Waals surface area contributed by atoms with Crippen LogP contribution in [0.5, 0.6) is 0 Å². The Balaban J connectivity index is 2.02. The van der Waals surface area contributed by atoms with Crippen LogP contribution in [0.3, 0.4) is 0 Å². The van der Waals surface area contributed by atoms with Gasteiger partial charge < -0.3 is 5.32 Å². The number of fused-ring (bicyclic) bond motifs is 4. The first kappa shape index (κ1) is 13.2. The van der Waals surface area contributed by atoms with Crippen LogP contribution >= 0.6 is 0 Å². The van der Waals surface area contributed by atoms with Gasteiger partial charge >= 0.3 is 0 Å². The number of carbonyl (C=O) groups excluding carboxylic acids is 2. The highest BCUT2D eigenvalue weighted by Crippen LogP contribution is 2.40. The minimum absolute atomic E-state index is 0.104. The van der Waals surface area contributed by atoms with Gasteiger partial charge in [0, 0.05) is 29.6 Å². The summed E-state index contributed by atoms with van der Waals surface area (Å²) in [5, 5.41) is 3.32. The van der Waals surface area contributed by atoms with Crippen LogP contribution in [0.15, 0.2) is 30.6 Å². The molecule has 2 heterocycles. The van der Waals surface area contributed by atoms with Crippen LogP contribution in [0.4, 0.5) is 11.4 Å². The number of ketones is 2. The first-order valence-corrected chi connectivity index (χ1v) is 7.28. The maximum atomic E-state index is 12.9. The first-order valence-electron chi connectivity index (χ1n) is 7.28. The lowest BCUT2D eigenvalue weighted by Gasteiger charge is -2.37. The van der Waals surface area contributed by atoms with Crippen LogP contribution in [0.1, 0.15) is 31.8 Å². The molecule has 110 valence electrons.